The van der Waals surface area contributed by atoms with Gasteiger partial charge in [0.25, 0.3) is 0 Å². The van der Waals surface area contributed by atoms with Gasteiger partial charge in [0, 0.05) is 37.0 Å². The van der Waals surface area contributed by atoms with Crippen molar-refractivity contribution in [1.82, 2.24) is 20.4 Å². The van der Waals surface area contributed by atoms with Gasteiger partial charge in [-0.15, -0.1) is 0 Å². The van der Waals surface area contributed by atoms with Crippen LogP contribution in [-0.4, -0.2) is 41.2 Å². The number of ether oxygens (including phenoxy) is 1. The minimum atomic E-state index is -0.429. The highest BCUT2D eigenvalue weighted by atomic mass is 16.5. The van der Waals surface area contributed by atoms with Gasteiger partial charge < -0.3 is 19.5 Å². The van der Waals surface area contributed by atoms with Crippen LogP contribution in [0.1, 0.15) is 41.9 Å². The van der Waals surface area contributed by atoms with Crippen molar-refractivity contribution >= 4 is 11.7 Å². The molecule has 156 valence electrons. The van der Waals surface area contributed by atoms with Crippen molar-refractivity contribution in [2.45, 2.75) is 32.2 Å². The van der Waals surface area contributed by atoms with Gasteiger partial charge in [-0.2, -0.15) is 4.98 Å². The number of carbonyl (C=O) groups is 1. The fourth-order valence-electron chi connectivity index (χ4n) is 3.56. The molecule has 1 aliphatic heterocycles. The van der Waals surface area contributed by atoms with Gasteiger partial charge in [-0.05, 0) is 31.0 Å². The van der Waals surface area contributed by atoms with E-state index in [9.17, 15) is 4.79 Å². The zero-order valence-corrected chi connectivity index (χ0v) is 17.0. The molecule has 2 aromatic heterocycles. The molecule has 0 radical (unpaired) electrons. The second kappa shape index (κ2) is 9.39. The van der Waals surface area contributed by atoms with Crippen molar-refractivity contribution in [2.24, 2.45) is 0 Å². The van der Waals surface area contributed by atoms with Crippen LogP contribution in [0.4, 0.5) is 5.82 Å². The van der Waals surface area contributed by atoms with E-state index < -0.39 is 5.91 Å². The molecular weight excluding hydrogens is 382 g/mol. The van der Waals surface area contributed by atoms with Crippen LogP contribution in [0.2, 0.25) is 0 Å². The highest BCUT2D eigenvalue weighted by Crippen LogP contribution is 2.23. The lowest BCUT2D eigenvalue weighted by Crippen LogP contribution is -2.24. The molecule has 0 spiro atoms. The minimum absolute atomic E-state index is 0.0759. The van der Waals surface area contributed by atoms with Crippen molar-refractivity contribution in [1.29, 1.82) is 0 Å². The Morgan fingerprint density at radius 2 is 1.97 bits per heavy atom. The average molecular weight is 407 g/mol. The summed E-state index contributed by atoms with van der Waals surface area (Å²) in [7, 11) is 1.60. The van der Waals surface area contributed by atoms with Crippen LogP contribution in [0, 0.1) is 0 Å². The van der Waals surface area contributed by atoms with Gasteiger partial charge in [0.2, 0.25) is 5.82 Å². The van der Waals surface area contributed by atoms with E-state index in [-0.39, 0.29) is 5.89 Å². The summed E-state index contributed by atoms with van der Waals surface area (Å²) in [6.45, 7) is 2.30. The molecule has 1 saturated heterocycles. The largest absolute Gasteiger partial charge is 0.496 e. The predicted molar refractivity (Wildman–Crippen MR) is 112 cm³/mol. The Morgan fingerprint density at radius 3 is 2.77 bits per heavy atom. The highest BCUT2D eigenvalue weighted by Gasteiger charge is 2.18. The van der Waals surface area contributed by atoms with Gasteiger partial charge in [-0.25, -0.2) is 4.98 Å². The molecule has 3 aromatic rings. The van der Waals surface area contributed by atoms with Crippen molar-refractivity contribution in [2.75, 3.05) is 25.1 Å². The fourth-order valence-corrected chi connectivity index (χ4v) is 3.56. The number of methoxy groups -OCH3 is 1. The lowest BCUT2D eigenvalue weighted by atomic mass is 10.2. The zero-order valence-electron chi connectivity index (χ0n) is 17.0. The van der Waals surface area contributed by atoms with E-state index in [1.165, 1.54) is 25.7 Å². The predicted octanol–water partition coefficient (Wildman–Crippen LogP) is 3.45. The van der Waals surface area contributed by atoms with Crippen molar-refractivity contribution in [3.05, 3.63) is 54.0 Å². The van der Waals surface area contributed by atoms with Crippen LogP contribution in [0.5, 0.6) is 5.75 Å². The Morgan fingerprint density at radius 1 is 1.17 bits per heavy atom. The third-order valence-electron chi connectivity index (χ3n) is 5.19. The normalized spacial score (nSPS) is 14.2. The van der Waals surface area contributed by atoms with E-state index in [1.807, 2.05) is 36.4 Å². The number of pyridine rings is 1. The number of aromatic nitrogens is 3. The van der Waals surface area contributed by atoms with Gasteiger partial charge in [-0.3, -0.25) is 4.79 Å². The Bertz CT molecular complexity index is 996. The summed E-state index contributed by atoms with van der Waals surface area (Å²) in [5.74, 6) is 1.48. The molecule has 8 heteroatoms. The summed E-state index contributed by atoms with van der Waals surface area (Å²) in [6.07, 6.45) is 6.60. The number of benzene rings is 1. The highest BCUT2D eigenvalue weighted by molar-refractivity contribution is 5.89. The SMILES string of the molecule is COc1ccccc1CNC(=O)c1nc(-c2ccnc(N3CCCCCC3)c2)no1. The maximum absolute atomic E-state index is 12.4. The maximum Gasteiger partial charge on any atom is 0.316 e. The summed E-state index contributed by atoms with van der Waals surface area (Å²) in [6, 6.07) is 11.3. The van der Waals surface area contributed by atoms with Gasteiger partial charge >= 0.3 is 11.8 Å². The van der Waals surface area contributed by atoms with E-state index in [4.69, 9.17) is 9.26 Å². The number of para-hydroxylation sites is 1. The number of hydrogen-bond donors (Lipinski definition) is 1. The first-order valence-corrected chi connectivity index (χ1v) is 10.2. The number of anilines is 1. The van der Waals surface area contributed by atoms with E-state index >= 15 is 0 Å². The van der Waals surface area contributed by atoms with Crippen molar-refractivity contribution in [3.8, 4) is 17.1 Å². The second-order valence-corrected chi connectivity index (χ2v) is 7.22. The first-order chi connectivity index (χ1) is 14.7. The third-order valence-corrected chi connectivity index (χ3v) is 5.19. The third kappa shape index (κ3) is 4.59. The summed E-state index contributed by atoms with van der Waals surface area (Å²) in [4.78, 5) is 23.5. The molecule has 1 aromatic carbocycles. The number of hydrogen-bond acceptors (Lipinski definition) is 7. The summed E-state index contributed by atoms with van der Waals surface area (Å²) >= 11 is 0. The second-order valence-electron chi connectivity index (χ2n) is 7.22. The van der Waals surface area contributed by atoms with Crippen molar-refractivity contribution < 1.29 is 14.1 Å². The molecule has 0 saturated carbocycles. The molecule has 1 fully saturated rings. The fraction of sp³-hybridized carbons (Fsp3) is 0.364. The van der Waals surface area contributed by atoms with Gasteiger partial charge in [-0.1, -0.05) is 36.2 Å². The molecule has 0 unspecified atom stereocenters. The topological polar surface area (TPSA) is 93.4 Å². The molecule has 4 rings (SSSR count). The molecule has 0 bridgehead atoms. The summed E-state index contributed by atoms with van der Waals surface area (Å²) in [5, 5.41) is 6.77. The summed E-state index contributed by atoms with van der Waals surface area (Å²) in [5.41, 5.74) is 1.64. The lowest BCUT2D eigenvalue weighted by molar-refractivity contribution is 0.0906. The molecule has 1 amide bonds. The molecule has 1 N–H and O–H groups in total. The first kappa shape index (κ1) is 19.9. The van der Waals surface area contributed by atoms with Gasteiger partial charge in [0.1, 0.15) is 11.6 Å². The van der Waals surface area contributed by atoms with Crippen LogP contribution < -0.4 is 15.0 Å². The minimum Gasteiger partial charge on any atom is -0.496 e. The van der Waals surface area contributed by atoms with Gasteiger partial charge in [0.05, 0.1) is 7.11 Å². The molecule has 30 heavy (non-hydrogen) atoms. The standard InChI is InChI=1S/C22H25N5O3/c1-29-18-9-5-4-8-17(18)15-24-21(28)22-25-20(26-30-22)16-10-11-23-19(14-16)27-12-6-2-3-7-13-27/h4-5,8-11,14H,2-3,6-7,12-13,15H2,1H3,(H,24,28). The number of amides is 1. The molecule has 0 atom stereocenters. The average Bonchev–Trinajstić information content (AvgIpc) is 3.13. The lowest BCUT2D eigenvalue weighted by Gasteiger charge is -2.21. The number of rotatable bonds is 6. The Balaban J connectivity index is 1.44. The molecule has 1 aliphatic rings. The zero-order chi connectivity index (χ0) is 20.8. The van der Waals surface area contributed by atoms with Crippen LogP contribution in [-0.2, 0) is 6.54 Å². The Hall–Kier alpha value is -3.42. The van der Waals surface area contributed by atoms with E-state index in [2.05, 4.69) is 25.3 Å². The molecule has 8 nitrogen and oxygen atoms in total. The van der Waals surface area contributed by atoms with Gasteiger partial charge in [0.15, 0.2) is 0 Å². The van der Waals surface area contributed by atoms with Crippen LogP contribution in [0.3, 0.4) is 0 Å². The smallest absolute Gasteiger partial charge is 0.316 e. The van der Waals surface area contributed by atoms with Crippen LogP contribution in [0.25, 0.3) is 11.4 Å². The monoisotopic (exact) mass is 407 g/mol. The number of carbonyl (C=O) groups excluding carboxylic acids is 1. The summed E-state index contributed by atoms with van der Waals surface area (Å²) < 4.78 is 10.5. The Kier molecular flexibility index (Phi) is 6.22. The number of nitrogens with zero attached hydrogens (tertiary/aromatic N) is 4. The number of nitrogens with one attached hydrogen (secondary N) is 1. The molecular formula is C22H25N5O3. The van der Waals surface area contributed by atoms with Crippen LogP contribution in [0.15, 0.2) is 47.1 Å². The Labute approximate surface area is 175 Å². The van der Waals surface area contributed by atoms with E-state index in [1.54, 1.807) is 13.3 Å². The van der Waals surface area contributed by atoms with Crippen LogP contribution >= 0.6 is 0 Å². The van der Waals surface area contributed by atoms with Crippen molar-refractivity contribution in [3.63, 3.8) is 0 Å². The van der Waals surface area contributed by atoms with E-state index in [0.717, 1.165) is 30.0 Å². The molecule has 0 aliphatic carbocycles. The first-order valence-electron chi connectivity index (χ1n) is 10.2. The quantitative estimate of drug-likeness (QED) is 0.669. The van der Waals surface area contributed by atoms with E-state index in [0.29, 0.717) is 18.1 Å². The maximum atomic E-state index is 12.4. The molecule has 3 heterocycles.